The molecule has 0 radical (unpaired) electrons. The lowest BCUT2D eigenvalue weighted by Crippen LogP contribution is -2.02. The third-order valence-electron chi connectivity index (χ3n) is 3.19. The highest BCUT2D eigenvalue weighted by atomic mass is 35.5. The molecule has 0 aliphatic carbocycles. The summed E-state index contributed by atoms with van der Waals surface area (Å²) in [6.07, 6.45) is 0. The number of halogens is 2. The number of hydrogen-bond acceptors (Lipinski definition) is 3. The van der Waals surface area contributed by atoms with E-state index in [9.17, 15) is 4.79 Å². The standard InChI is InChI=1S/C14H10Cl2N2O2S/c1-7-17-13-11(5-12(21-13)14(19)20)18(7)6-8-2-3-9(15)4-10(8)16/h2-5H,6H2,1H3,(H,19,20). The number of aromatic nitrogens is 2. The van der Waals surface area contributed by atoms with Gasteiger partial charge in [-0.2, -0.15) is 0 Å². The largest absolute Gasteiger partial charge is 0.477 e. The number of carboxylic acids is 1. The molecule has 0 spiro atoms. The second-order valence-electron chi connectivity index (χ2n) is 4.59. The number of aryl methyl sites for hydroxylation is 1. The molecule has 3 rings (SSSR count). The van der Waals surface area contributed by atoms with Crippen molar-refractivity contribution >= 4 is 50.9 Å². The third kappa shape index (κ3) is 2.64. The lowest BCUT2D eigenvalue weighted by Gasteiger charge is -2.08. The van der Waals surface area contributed by atoms with Gasteiger partial charge in [0.2, 0.25) is 0 Å². The normalized spacial score (nSPS) is 11.2. The zero-order valence-electron chi connectivity index (χ0n) is 10.9. The Hall–Kier alpha value is -1.56. The van der Waals surface area contributed by atoms with Gasteiger partial charge in [0.15, 0.2) is 0 Å². The van der Waals surface area contributed by atoms with E-state index >= 15 is 0 Å². The van der Waals surface area contributed by atoms with Crippen molar-refractivity contribution in [1.82, 2.24) is 9.55 Å². The van der Waals surface area contributed by atoms with Crippen molar-refractivity contribution in [2.24, 2.45) is 0 Å². The Bertz CT molecular complexity index is 854. The van der Waals surface area contributed by atoms with Crippen LogP contribution in [0, 0.1) is 6.92 Å². The second kappa shape index (κ2) is 5.33. The topological polar surface area (TPSA) is 55.1 Å². The van der Waals surface area contributed by atoms with E-state index in [-0.39, 0.29) is 4.88 Å². The Balaban J connectivity index is 2.06. The summed E-state index contributed by atoms with van der Waals surface area (Å²) >= 11 is 13.3. The summed E-state index contributed by atoms with van der Waals surface area (Å²) in [5.41, 5.74) is 1.72. The van der Waals surface area contributed by atoms with Crippen LogP contribution < -0.4 is 0 Å². The number of hydrogen-bond donors (Lipinski definition) is 1. The fraction of sp³-hybridized carbons (Fsp3) is 0.143. The van der Waals surface area contributed by atoms with E-state index in [4.69, 9.17) is 28.3 Å². The molecule has 0 amide bonds. The van der Waals surface area contributed by atoms with Gasteiger partial charge in [0, 0.05) is 10.0 Å². The van der Waals surface area contributed by atoms with Crippen LogP contribution in [-0.2, 0) is 6.54 Å². The second-order valence-corrected chi connectivity index (χ2v) is 6.46. The number of carboxylic acid groups (broad SMARTS) is 1. The number of nitrogens with zero attached hydrogens (tertiary/aromatic N) is 2. The van der Waals surface area contributed by atoms with Crippen LogP contribution in [0.5, 0.6) is 0 Å². The highest BCUT2D eigenvalue weighted by Gasteiger charge is 2.16. The van der Waals surface area contributed by atoms with Gasteiger partial charge >= 0.3 is 5.97 Å². The Labute approximate surface area is 134 Å². The van der Waals surface area contributed by atoms with E-state index in [0.29, 0.717) is 16.6 Å². The van der Waals surface area contributed by atoms with Gasteiger partial charge < -0.3 is 9.67 Å². The van der Waals surface area contributed by atoms with Crippen molar-refractivity contribution in [3.8, 4) is 0 Å². The van der Waals surface area contributed by atoms with Gasteiger partial charge in [-0.05, 0) is 30.7 Å². The van der Waals surface area contributed by atoms with Crippen LogP contribution in [0.15, 0.2) is 24.3 Å². The molecule has 0 saturated carbocycles. The quantitative estimate of drug-likeness (QED) is 0.765. The first-order valence-electron chi connectivity index (χ1n) is 6.09. The zero-order valence-corrected chi connectivity index (χ0v) is 13.3. The molecule has 108 valence electrons. The summed E-state index contributed by atoms with van der Waals surface area (Å²) in [5, 5.41) is 10.2. The Morgan fingerprint density at radius 1 is 1.38 bits per heavy atom. The molecular weight excluding hydrogens is 331 g/mol. The first kappa shape index (κ1) is 14.4. The summed E-state index contributed by atoms with van der Waals surface area (Å²) in [7, 11) is 0. The van der Waals surface area contributed by atoms with E-state index in [1.54, 1.807) is 18.2 Å². The highest BCUT2D eigenvalue weighted by molar-refractivity contribution is 7.20. The molecule has 3 aromatic rings. The van der Waals surface area contributed by atoms with Crippen LogP contribution >= 0.6 is 34.5 Å². The maximum atomic E-state index is 11.1. The van der Waals surface area contributed by atoms with E-state index in [1.165, 1.54) is 11.3 Å². The maximum absolute atomic E-state index is 11.1. The van der Waals surface area contributed by atoms with Crippen LogP contribution in [0.3, 0.4) is 0 Å². The van der Waals surface area contributed by atoms with Crippen LogP contribution in [0.25, 0.3) is 10.3 Å². The van der Waals surface area contributed by atoms with Gasteiger partial charge in [-0.25, -0.2) is 9.78 Å². The third-order valence-corrected chi connectivity index (χ3v) is 4.79. The molecule has 1 aromatic carbocycles. The summed E-state index contributed by atoms with van der Waals surface area (Å²) in [5.74, 6) is -0.120. The van der Waals surface area contributed by atoms with E-state index in [1.807, 2.05) is 17.6 Å². The Morgan fingerprint density at radius 3 is 2.81 bits per heavy atom. The van der Waals surface area contributed by atoms with Crippen LogP contribution in [-0.4, -0.2) is 20.6 Å². The predicted molar refractivity (Wildman–Crippen MR) is 84.9 cm³/mol. The number of imidazole rings is 1. The number of benzene rings is 1. The van der Waals surface area contributed by atoms with Gasteiger partial charge in [0.05, 0.1) is 12.1 Å². The molecule has 0 aliphatic rings. The highest BCUT2D eigenvalue weighted by Crippen LogP contribution is 2.28. The minimum atomic E-state index is -0.938. The molecule has 2 heterocycles. The first-order chi connectivity index (χ1) is 9.95. The molecule has 0 atom stereocenters. The molecule has 0 bridgehead atoms. The molecule has 0 fully saturated rings. The van der Waals surface area contributed by atoms with Crippen molar-refractivity contribution in [3.05, 3.63) is 50.6 Å². The molecule has 1 N–H and O–H groups in total. The summed E-state index contributed by atoms with van der Waals surface area (Å²) < 4.78 is 1.95. The van der Waals surface area contributed by atoms with E-state index < -0.39 is 5.97 Å². The molecule has 0 saturated heterocycles. The van der Waals surface area contributed by atoms with Crippen molar-refractivity contribution in [2.75, 3.05) is 0 Å². The fourth-order valence-electron chi connectivity index (χ4n) is 2.15. The first-order valence-corrected chi connectivity index (χ1v) is 7.67. The van der Waals surface area contributed by atoms with Gasteiger partial charge in [-0.1, -0.05) is 29.3 Å². The summed E-state index contributed by atoms with van der Waals surface area (Å²) in [4.78, 5) is 16.5. The lowest BCUT2D eigenvalue weighted by atomic mass is 10.2. The van der Waals surface area contributed by atoms with Crippen molar-refractivity contribution in [2.45, 2.75) is 13.5 Å². The average molecular weight is 341 g/mol. The zero-order chi connectivity index (χ0) is 15.1. The maximum Gasteiger partial charge on any atom is 0.346 e. The van der Waals surface area contributed by atoms with Crippen molar-refractivity contribution in [3.63, 3.8) is 0 Å². The lowest BCUT2D eigenvalue weighted by molar-refractivity contribution is 0.0702. The van der Waals surface area contributed by atoms with Gasteiger partial charge in [-0.3, -0.25) is 0 Å². The minimum absolute atomic E-state index is 0.281. The number of thiophene rings is 1. The summed E-state index contributed by atoms with van der Waals surface area (Å²) in [6, 6.07) is 6.98. The molecule has 4 nitrogen and oxygen atoms in total. The van der Waals surface area contributed by atoms with Gasteiger partial charge in [0.25, 0.3) is 0 Å². The van der Waals surface area contributed by atoms with Crippen LogP contribution in [0.1, 0.15) is 21.1 Å². The van der Waals surface area contributed by atoms with Crippen molar-refractivity contribution < 1.29 is 9.90 Å². The molecule has 7 heteroatoms. The van der Waals surface area contributed by atoms with Gasteiger partial charge in [0.1, 0.15) is 15.5 Å². The SMILES string of the molecule is Cc1nc2sc(C(=O)O)cc2n1Cc1ccc(Cl)cc1Cl. The molecule has 0 aliphatic heterocycles. The number of rotatable bonds is 3. The van der Waals surface area contributed by atoms with Crippen LogP contribution in [0.2, 0.25) is 10.0 Å². The Morgan fingerprint density at radius 2 is 2.14 bits per heavy atom. The smallest absolute Gasteiger partial charge is 0.346 e. The average Bonchev–Trinajstić information content (AvgIpc) is 2.92. The number of aromatic carboxylic acids is 1. The summed E-state index contributed by atoms with van der Waals surface area (Å²) in [6.45, 7) is 2.41. The Kier molecular flexibility index (Phi) is 3.65. The fourth-order valence-corrected chi connectivity index (χ4v) is 3.54. The van der Waals surface area contributed by atoms with E-state index in [2.05, 4.69) is 4.98 Å². The van der Waals surface area contributed by atoms with E-state index in [0.717, 1.165) is 21.7 Å². The minimum Gasteiger partial charge on any atom is -0.477 e. The van der Waals surface area contributed by atoms with Crippen molar-refractivity contribution in [1.29, 1.82) is 0 Å². The molecule has 0 unspecified atom stereocenters. The van der Waals surface area contributed by atoms with Gasteiger partial charge in [-0.15, -0.1) is 11.3 Å². The number of fused-ring (bicyclic) bond motifs is 1. The molecular formula is C14H10Cl2N2O2S. The molecule has 2 aromatic heterocycles. The molecule has 21 heavy (non-hydrogen) atoms. The monoisotopic (exact) mass is 340 g/mol. The predicted octanol–water partition coefficient (Wildman–Crippen LogP) is 4.46. The number of carbonyl (C=O) groups is 1. The van der Waals surface area contributed by atoms with Crippen LogP contribution in [0.4, 0.5) is 0 Å².